The molecule has 5 nitrogen and oxygen atoms in total. The van der Waals surface area contributed by atoms with Gasteiger partial charge in [-0.2, -0.15) is 0 Å². The number of pyridine rings is 1. The summed E-state index contributed by atoms with van der Waals surface area (Å²) in [7, 11) is 0. The Bertz CT molecular complexity index is 1080. The van der Waals surface area contributed by atoms with Crippen LogP contribution in [-0.4, -0.2) is 19.9 Å². The number of aromatic nitrogens is 3. The van der Waals surface area contributed by atoms with Crippen molar-refractivity contribution < 1.29 is 0 Å². The topological polar surface area (TPSA) is 70.8 Å². The molecule has 0 saturated heterocycles. The number of rotatable bonds is 5. The standard InChI is InChI=1S/C24H25N5/c25-19-12-10-17(11-13-19)15-29(16-23-27-20-7-1-2-8-21(20)28-23)22-9-3-5-18-6-4-14-26-24(18)22/h1-2,4,6-8,10-14,22H,3,5,9,15-16,25H2,(H,27,28). The first-order valence-corrected chi connectivity index (χ1v) is 10.2. The highest BCUT2D eigenvalue weighted by atomic mass is 15.2. The molecule has 0 aliphatic heterocycles. The minimum Gasteiger partial charge on any atom is -0.399 e. The van der Waals surface area contributed by atoms with Gasteiger partial charge in [0.1, 0.15) is 5.82 Å². The number of nitrogens with zero attached hydrogens (tertiary/aromatic N) is 3. The molecule has 1 aliphatic carbocycles. The zero-order chi connectivity index (χ0) is 19.6. The van der Waals surface area contributed by atoms with Crippen LogP contribution < -0.4 is 5.73 Å². The zero-order valence-electron chi connectivity index (χ0n) is 16.4. The van der Waals surface area contributed by atoms with Crippen molar-refractivity contribution in [1.82, 2.24) is 19.9 Å². The fourth-order valence-electron chi connectivity index (χ4n) is 4.35. The number of anilines is 1. The quantitative estimate of drug-likeness (QED) is 0.493. The van der Waals surface area contributed by atoms with E-state index in [4.69, 9.17) is 15.7 Å². The van der Waals surface area contributed by atoms with Crippen LogP contribution in [0.5, 0.6) is 0 Å². The molecule has 0 spiro atoms. The minimum absolute atomic E-state index is 0.283. The Morgan fingerprint density at radius 2 is 1.86 bits per heavy atom. The largest absolute Gasteiger partial charge is 0.399 e. The molecular formula is C24H25N5. The molecular weight excluding hydrogens is 358 g/mol. The van der Waals surface area contributed by atoms with Gasteiger partial charge >= 0.3 is 0 Å². The van der Waals surface area contributed by atoms with Crippen LogP contribution >= 0.6 is 0 Å². The summed E-state index contributed by atoms with van der Waals surface area (Å²) in [5, 5.41) is 0. The van der Waals surface area contributed by atoms with Gasteiger partial charge in [0.05, 0.1) is 29.3 Å². The maximum Gasteiger partial charge on any atom is 0.121 e. The minimum atomic E-state index is 0.283. The molecule has 5 heteroatoms. The Morgan fingerprint density at radius 1 is 1.00 bits per heavy atom. The molecule has 3 N–H and O–H groups in total. The molecule has 146 valence electrons. The Hall–Kier alpha value is -3.18. The number of aryl methyl sites for hydroxylation is 1. The summed E-state index contributed by atoms with van der Waals surface area (Å²) in [4.78, 5) is 15.6. The van der Waals surface area contributed by atoms with Crippen molar-refractivity contribution >= 4 is 16.7 Å². The van der Waals surface area contributed by atoms with Crippen molar-refractivity contribution in [2.75, 3.05) is 5.73 Å². The predicted octanol–water partition coefficient (Wildman–Crippen LogP) is 4.62. The second-order valence-electron chi connectivity index (χ2n) is 7.80. The lowest BCUT2D eigenvalue weighted by Gasteiger charge is -2.34. The number of nitrogens with two attached hydrogens (primary N) is 1. The average Bonchev–Trinajstić information content (AvgIpc) is 3.17. The van der Waals surface area contributed by atoms with Crippen molar-refractivity contribution in [2.24, 2.45) is 0 Å². The first kappa shape index (κ1) is 17.9. The number of hydrogen-bond donors (Lipinski definition) is 2. The number of hydrogen-bond acceptors (Lipinski definition) is 4. The monoisotopic (exact) mass is 383 g/mol. The van der Waals surface area contributed by atoms with E-state index in [1.165, 1.54) is 23.2 Å². The third-order valence-corrected chi connectivity index (χ3v) is 5.76. The highest BCUT2D eigenvalue weighted by Gasteiger charge is 2.28. The predicted molar refractivity (Wildman–Crippen MR) is 116 cm³/mol. The van der Waals surface area contributed by atoms with Crippen LogP contribution in [0.4, 0.5) is 5.69 Å². The van der Waals surface area contributed by atoms with Crippen LogP contribution in [0.2, 0.25) is 0 Å². The molecule has 5 rings (SSSR count). The van der Waals surface area contributed by atoms with Crippen molar-refractivity contribution in [3.05, 3.63) is 89.5 Å². The highest BCUT2D eigenvalue weighted by Crippen LogP contribution is 2.34. The zero-order valence-corrected chi connectivity index (χ0v) is 16.4. The van der Waals surface area contributed by atoms with E-state index in [1.54, 1.807) is 0 Å². The molecule has 4 aromatic rings. The van der Waals surface area contributed by atoms with Gasteiger partial charge in [0.25, 0.3) is 0 Å². The number of fused-ring (bicyclic) bond motifs is 2. The van der Waals surface area contributed by atoms with E-state index in [9.17, 15) is 0 Å². The van der Waals surface area contributed by atoms with Gasteiger partial charge in [-0.1, -0.05) is 30.3 Å². The Labute approximate surface area is 170 Å². The Kier molecular flexibility index (Phi) is 4.74. The van der Waals surface area contributed by atoms with Crippen LogP contribution in [0.1, 0.15) is 41.5 Å². The number of nitrogens with one attached hydrogen (secondary N) is 1. The SMILES string of the molecule is Nc1ccc(CN(Cc2nc3ccccc3[nH]2)C2CCCc3cccnc32)cc1. The Balaban J connectivity index is 1.49. The Morgan fingerprint density at radius 3 is 2.72 bits per heavy atom. The van der Waals surface area contributed by atoms with Gasteiger partial charge in [-0.25, -0.2) is 4.98 Å². The van der Waals surface area contributed by atoms with E-state index >= 15 is 0 Å². The molecule has 2 heterocycles. The van der Waals surface area contributed by atoms with E-state index < -0.39 is 0 Å². The summed E-state index contributed by atoms with van der Waals surface area (Å²) in [5.41, 5.74) is 12.6. The number of nitrogen functional groups attached to an aromatic ring is 1. The van der Waals surface area contributed by atoms with Gasteiger partial charge < -0.3 is 10.7 Å². The number of aromatic amines is 1. The molecule has 2 aromatic carbocycles. The van der Waals surface area contributed by atoms with E-state index in [-0.39, 0.29) is 6.04 Å². The van der Waals surface area contributed by atoms with Crippen LogP contribution in [-0.2, 0) is 19.5 Å². The average molecular weight is 383 g/mol. The molecule has 0 amide bonds. The van der Waals surface area contributed by atoms with Crippen molar-refractivity contribution in [3.8, 4) is 0 Å². The molecule has 0 radical (unpaired) electrons. The first-order valence-electron chi connectivity index (χ1n) is 10.2. The lowest BCUT2D eigenvalue weighted by molar-refractivity contribution is 0.153. The molecule has 2 aromatic heterocycles. The van der Waals surface area contributed by atoms with Crippen LogP contribution in [0.15, 0.2) is 66.9 Å². The third-order valence-electron chi connectivity index (χ3n) is 5.76. The number of H-pyrrole nitrogens is 1. The molecule has 1 unspecified atom stereocenters. The number of para-hydroxylation sites is 2. The lowest BCUT2D eigenvalue weighted by atomic mass is 9.90. The summed E-state index contributed by atoms with van der Waals surface area (Å²) >= 11 is 0. The summed E-state index contributed by atoms with van der Waals surface area (Å²) in [6.07, 6.45) is 5.32. The van der Waals surface area contributed by atoms with Gasteiger partial charge in [0.15, 0.2) is 0 Å². The lowest BCUT2D eigenvalue weighted by Crippen LogP contribution is -2.31. The summed E-state index contributed by atoms with van der Waals surface area (Å²) in [6, 6.07) is 20.9. The summed E-state index contributed by atoms with van der Waals surface area (Å²) in [5.74, 6) is 0.990. The van der Waals surface area contributed by atoms with Gasteiger partial charge in [-0.3, -0.25) is 9.88 Å². The first-order chi connectivity index (χ1) is 14.3. The normalized spacial score (nSPS) is 16.2. The van der Waals surface area contributed by atoms with Gasteiger partial charge in [0.2, 0.25) is 0 Å². The second kappa shape index (κ2) is 7.68. The summed E-state index contributed by atoms with van der Waals surface area (Å²) in [6.45, 7) is 1.58. The molecule has 29 heavy (non-hydrogen) atoms. The maximum atomic E-state index is 5.89. The molecule has 0 fully saturated rings. The fourth-order valence-corrected chi connectivity index (χ4v) is 4.35. The number of benzene rings is 2. The molecule has 0 saturated carbocycles. The smallest absolute Gasteiger partial charge is 0.121 e. The second-order valence-corrected chi connectivity index (χ2v) is 7.80. The van der Waals surface area contributed by atoms with Crippen LogP contribution in [0.3, 0.4) is 0 Å². The van der Waals surface area contributed by atoms with Crippen LogP contribution in [0.25, 0.3) is 11.0 Å². The van der Waals surface area contributed by atoms with E-state index in [2.05, 4.69) is 40.2 Å². The van der Waals surface area contributed by atoms with Gasteiger partial charge in [-0.05, 0) is 60.7 Å². The van der Waals surface area contributed by atoms with Crippen molar-refractivity contribution in [2.45, 2.75) is 38.4 Å². The molecule has 1 aliphatic rings. The van der Waals surface area contributed by atoms with E-state index in [0.717, 1.165) is 48.5 Å². The fraction of sp³-hybridized carbons (Fsp3) is 0.250. The van der Waals surface area contributed by atoms with E-state index in [0.29, 0.717) is 0 Å². The van der Waals surface area contributed by atoms with E-state index in [1.807, 2.05) is 36.5 Å². The van der Waals surface area contributed by atoms with Crippen molar-refractivity contribution in [3.63, 3.8) is 0 Å². The van der Waals surface area contributed by atoms with Gasteiger partial charge in [-0.15, -0.1) is 0 Å². The van der Waals surface area contributed by atoms with Crippen molar-refractivity contribution in [1.29, 1.82) is 0 Å². The van der Waals surface area contributed by atoms with Gasteiger partial charge in [0, 0.05) is 18.4 Å². The maximum absolute atomic E-state index is 5.89. The highest BCUT2D eigenvalue weighted by molar-refractivity contribution is 5.74. The van der Waals surface area contributed by atoms with Crippen LogP contribution in [0, 0.1) is 0 Å². The third kappa shape index (κ3) is 3.74. The number of imidazole rings is 1. The molecule has 0 bridgehead atoms. The summed E-state index contributed by atoms with van der Waals surface area (Å²) < 4.78 is 0. The molecule has 1 atom stereocenters.